The Hall–Kier alpha value is -2.18. The molecule has 6 nitrogen and oxygen atoms in total. The monoisotopic (exact) mass is 377 g/mol. The van der Waals surface area contributed by atoms with Crippen LogP contribution in [0.5, 0.6) is 0 Å². The molecule has 2 N–H and O–H groups in total. The van der Waals surface area contributed by atoms with E-state index in [1.54, 1.807) is 31.2 Å². The van der Waals surface area contributed by atoms with Crippen molar-refractivity contribution in [3.05, 3.63) is 50.9 Å². The number of aliphatic hydroxyl groups excluding tert-OH is 1. The third kappa shape index (κ3) is 4.71. The van der Waals surface area contributed by atoms with Gasteiger partial charge in [0.1, 0.15) is 12.4 Å². The number of halogens is 1. The lowest BCUT2D eigenvalue weighted by Crippen LogP contribution is -2.39. The average molecular weight is 378 g/mol. The van der Waals surface area contributed by atoms with Crippen molar-refractivity contribution in [3.8, 4) is 11.4 Å². The molecule has 1 amide bonds. The molecular weight excluding hydrogens is 354 g/mol. The van der Waals surface area contributed by atoms with Crippen LogP contribution in [0, 0.1) is 6.92 Å². The number of benzene rings is 1. The number of hydrogen-bond donors (Lipinski definition) is 2. The summed E-state index contributed by atoms with van der Waals surface area (Å²) in [5.41, 5.74) is 1.29. The minimum absolute atomic E-state index is 0.0168. The van der Waals surface area contributed by atoms with Crippen molar-refractivity contribution < 1.29 is 9.90 Å². The van der Waals surface area contributed by atoms with Gasteiger partial charge < -0.3 is 10.4 Å². The molecule has 0 spiro atoms. The van der Waals surface area contributed by atoms with Crippen LogP contribution in [0.2, 0.25) is 5.02 Å². The van der Waals surface area contributed by atoms with Crippen LogP contribution in [0.1, 0.15) is 31.5 Å². The Balaban J connectivity index is 2.56. The Bertz CT molecular complexity index is 848. The van der Waals surface area contributed by atoms with Crippen LogP contribution in [0.25, 0.3) is 11.4 Å². The van der Waals surface area contributed by atoms with Gasteiger partial charge in [-0.2, -0.15) is 0 Å². The summed E-state index contributed by atoms with van der Waals surface area (Å²) in [4.78, 5) is 29.8. The van der Waals surface area contributed by atoms with Crippen LogP contribution in [0.15, 0.2) is 29.1 Å². The van der Waals surface area contributed by atoms with E-state index in [9.17, 15) is 14.7 Å². The quantitative estimate of drug-likeness (QED) is 0.775. The van der Waals surface area contributed by atoms with E-state index in [1.165, 1.54) is 4.57 Å². The zero-order chi connectivity index (χ0) is 19.3. The normalized spacial score (nSPS) is 12.0. The fourth-order valence-electron chi connectivity index (χ4n) is 2.66. The van der Waals surface area contributed by atoms with Crippen molar-refractivity contribution in [2.45, 2.75) is 46.2 Å². The van der Waals surface area contributed by atoms with Crippen molar-refractivity contribution in [3.63, 3.8) is 0 Å². The lowest BCUT2D eigenvalue weighted by Gasteiger charge is -2.17. The molecule has 1 heterocycles. The molecule has 0 aliphatic carbocycles. The fraction of sp³-hybridized carbons (Fsp3) is 0.421. The fourth-order valence-corrected chi connectivity index (χ4v) is 2.85. The van der Waals surface area contributed by atoms with Gasteiger partial charge >= 0.3 is 0 Å². The predicted octanol–water partition coefficient (Wildman–Crippen LogP) is 2.32. The summed E-state index contributed by atoms with van der Waals surface area (Å²) >= 11 is 6.07. The van der Waals surface area contributed by atoms with Gasteiger partial charge in [0.2, 0.25) is 5.91 Å². The van der Waals surface area contributed by atoms with Crippen molar-refractivity contribution >= 4 is 17.5 Å². The standard InChI is InChI=1S/C19H24ClN3O3/c1-4-12(2)21-17(25)11-23-18(14-6-5-7-15(20)10-14)22-13(3)16(8-9-24)19(23)26/h5-7,10,12,24H,4,8-9,11H2,1-3H3,(H,21,25)/t12-/m1/s1. The van der Waals surface area contributed by atoms with Crippen molar-refractivity contribution in [1.82, 2.24) is 14.9 Å². The summed E-state index contributed by atoms with van der Waals surface area (Å²) in [6, 6.07) is 7.02. The molecule has 0 bridgehead atoms. The van der Waals surface area contributed by atoms with Crippen LogP contribution in [-0.4, -0.2) is 33.2 Å². The maximum Gasteiger partial charge on any atom is 0.257 e. The largest absolute Gasteiger partial charge is 0.396 e. The van der Waals surface area contributed by atoms with E-state index < -0.39 is 0 Å². The van der Waals surface area contributed by atoms with E-state index in [-0.39, 0.29) is 37.1 Å². The van der Waals surface area contributed by atoms with Gasteiger partial charge in [0.05, 0.1) is 0 Å². The first kappa shape index (κ1) is 20.1. The molecule has 0 saturated carbocycles. The van der Waals surface area contributed by atoms with E-state index in [0.717, 1.165) is 6.42 Å². The molecule has 26 heavy (non-hydrogen) atoms. The summed E-state index contributed by atoms with van der Waals surface area (Å²) in [5.74, 6) is 0.126. The van der Waals surface area contributed by atoms with Crippen molar-refractivity contribution in [2.75, 3.05) is 6.61 Å². The highest BCUT2D eigenvalue weighted by Crippen LogP contribution is 2.21. The first-order valence-electron chi connectivity index (χ1n) is 8.63. The molecule has 0 unspecified atom stereocenters. The number of hydrogen-bond acceptors (Lipinski definition) is 4. The van der Waals surface area contributed by atoms with Gasteiger partial charge in [0.25, 0.3) is 5.56 Å². The molecule has 0 fully saturated rings. The van der Waals surface area contributed by atoms with E-state index in [4.69, 9.17) is 11.6 Å². The van der Waals surface area contributed by atoms with Crippen LogP contribution in [-0.2, 0) is 17.8 Å². The van der Waals surface area contributed by atoms with Gasteiger partial charge in [-0.3, -0.25) is 14.2 Å². The van der Waals surface area contributed by atoms with Gasteiger partial charge in [0.15, 0.2) is 0 Å². The Kier molecular flexibility index (Phi) is 6.94. The molecular formula is C19H24ClN3O3. The summed E-state index contributed by atoms with van der Waals surface area (Å²) < 4.78 is 1.35. The third-order valence-corrected chi connectivity index (χ3v) is 4.47. The number of aromatic nitrogens is 2. The van der Waals surface area contributed by atoms with Crippen molar-refractivity contribution in [1.29, 1.82) is 0 Å². The van der Waals surface area contributed by atoms with E-state index in [2.05, 4.69) is 10.3 Å². The number of amides is 1. The van der Waals surface area contributed by atoms with Gasteiger partial charge in [-0.05, 0) is 32.4 Å². The number of carbonyl (C=O) groups excluding carboxylic acids is 1. The lowest BCUT2D eigenvalue weighted by molar-refractivity contribution is -0.122. The molecule has 0 aliphatic heterocycles. The predicted molar refractivity (Wildman–Crippen MR) is 102 cm³/mol. The topological polar surface area (TPSA) is 84.2 Å². The highest BCUT2D eigenvalue weighted by molar-refractivity contribution is 6.30. The van der Waals surface area contributed by atoms with Gasteiger partial charge in [-0.1, -0.05) is 30.7 Å². The average Bonchev–Trinajstić information content (AvgIpc) is 2.60. The Morgan fingerprint density at radius 1 is 1.42 bits per heavy atom. The smallest absolute Gasteiger partial charge is 0.257 e. The second kappa shape index (κ2) is 8.96. The highest BCUT2D eigenvalue weighted by atomic mass is 35.5. The van der Waals surface area contributed by atoms with Gasteiger partial charge in [-0.15, -0.1) is 0 Å². The molecule has 140 valence electrons. The summed E-state index contributed by atoms with van der Waals surface area (Å²) in [6.07, 6.45) is 0.990. The zero-order valence-electron chi connectivity index (χ0n) is 15.3. The second-order valence-electron chi connectivity index (χ2n) is 6.25. The van der Waals surface area contributed by atoms with Crippen molar-refractivity contribution in [2.24, 2.45) is 0 Å². The number of nitrogens with one attached hydrogen (secondary N) is 1. The van der Waals surface area contributed by atoms with Gasteiger partial charge in [0, 0.05) is 40.9 Å². The highest BCUT2D eigenvalue weighted by Gasteiger charge is 2.18. The third-order valence-electron chi connectivity index (χ3n) is 4.24. The summed E-state index contributed by atoms with van der Waals surface area (Å²) in [7, 11) is 0. The molecule has 2 aromatic rings. The molecule has 7 heteroatoms. The maximum absolute atomic E-state index is 12.9. The first-order chi connectivity index (χ1) is 12.4. The van der Waals surface area contributed by atoms with Crippen LogP contribution >= 0.6 is 11.6 Å². The molecule has 1 atom stereocenters. The summed E-state index contributed by atoms with van der Waals surface area (Å²) in [5, 5.41) is 12.6. The number of aliphatic hydroxyl groups is 1. The Morgan fingerprint density at radius 2 is 2.15 bits per heavy atom. The minimum Gasteiger partial charge on any atom is -0.396 e. The van der Waals surface area contributed by atoms with E-state index in [1.807, 2.05) is 13.8 Å². The lowest BCUT2D eigenvalue weighted by atomic mass is 10.1. The van der Waals surface area contributed by atoms with Crippen LogP contribution in [0.4, 0.5) is 0 Å². The zero-order valence-corrected chi connectivity index (χ0v) is 16.0. The maximum atomic E-state index is 12.9. The second-order valence-corrected chi connectivity index (χ2v) is 6.69. The van der Waals surface area contributed by atoms with Gasteiger partial charge in [-0.25, -0.2) is 4.98 Å². The van der Waals surface area contributed by atoms with Crippen LogP contribution < -0.4 is 10.9 Å². The SMILES string of the molecule is CC[C@@H](C)NC(=O)Cn1c(-c2cccc(Cl)c2)nc(C)c(CCO)c1=O. The molecule has 0 radical (unpaired) electrons. The van der Waals surface area contributed by atoms with E-state index in [0.29, 0.717) is 27.7 Å². The number of nitrogens with zero attached hydrogens (tertiary/aromatic N) is 2. The molecule has 2 rings (SSSR count). The number of aryl methyl sites for hydroxylation is 1. The minimum atomic E-state index is -0.319. The van der Waals surface area contributed by atoms with Crippen LogP contribution in [0.3, 0.4) is 0 Å². The number of carbonyl (C=O) groups is 1. The Morgan fingerprint density at radius 3 is 2.77 bits per heavy atom. The molecule has 1 aromatic carbocycles. The summed E-state index contributed by atoms with van der Waals surface area (Å²) in [6.45, 7) is 5.30. The molecule has 0 aliphatic rings. The number of rotatable bonds is 7. The molecule has 0 saturated heterocycles. The van der Waals surface area contributed by atoms with E-state index >= 15 is 0 Å². The molecule has 1 aromatic heterocycles. The Labute approximate surface area is 157 Å². The first-order valence-corrected chi connectivity index (χ1v) is 9.01.